The second-order valence-corrected chi connectivity index (χ2v) is 6.54. The third-order valence-corrected chi connectivity index (χ3v) is 4.82. The molecule has 1 aliphatic rings. The van der Waals surface area contributed by atoms with Crippen molar-refractivity contribution in [3.05, 3.63) is 34.6 Å². The summed E-state index contributed by atoms with van der Waals surface area (Å²) < 4.78 is 46.0. The summed E-state index contributed by atoms with van der Waals surface area (Å²) >= 11 is 0.990. The smallest absolute Gasteiger partial charge is 0.229 e. The van der Waals surface area contributed by atoms with Gasteiger partial charge in [-0.3, -0.25) is 14.5 Å². The van der Waals surface area contributed by atoms with Gasteiger partial charge in [0, 0.05) is 23.9 Å². The molecule has 0 saturated carbocycles. The Balaban J connectivity index is 1.91. The van der Waals surface area contributed by atoms with Crippen molar-refractivity contribution in [2.75, 3.05) is 7.11 Å². The zero-order valence-electron chi connectivity index (χ0n) is 13.1. The van der Waals surface area contributed by atoms with Crippen molar-refractivity contribution >= 4 is 23.2 Å². The van der Waals surface area contributed by atoms with Gasteiger partial charge in [0.05, 0.1) is 19.2 Å². The predicted octanol–water partition coefficient (Wildman–Crippen LogP) is 3.28. The van der Waals surface area contributed by atoms with Crippen LogP contribution in [0.2, 0.25) is 0 Å². The summed E-state index contributed by atoms with van der Waals surface area (Å²) in [4.78, 5) is 29.3. The molecule has 0 unspecified atom stereocenters. The largest absolute Gasteiger partial charge is 0.491 e. The molecular formula is C16H13F3N2O3S. The molecule has 2 aromatic rings. The van der Waals surface area contributed by atoms with Crippen LogP contribution >= 0.6 is 11.3 Å². The Morgan fingerprint density at radius 2 is 1.88 bits per heavy atom. The summed E-state index contributed by atoms with van der Waals surface area (Å²) in [5, 5.41) is 0.0987. The van der Waals surface area contributed by atoms with Crippen LogP contribution in [0, 0.1) is 17.5 Å². The fourth-order valence-corrected chi connectivity index (χ4v) is 3.46. The molecule has 0 aliphatic carbocycles. The summed E-state index contributed by atoms with van der Waals surface area (Å²) in [6.07, 6.45) is 2.50. The van der Waals surface area contributed by atoms with Gasteiger partial charge < -0.3 is 4.74 Å². The molecule has 1 saturated heterocycles. The second-order valence-electron chi connectivity index (χ2n) is 5.43. The molecule has 2 heterocycles. The van der Waals surface area contributed by atoms with Crippen molar-refractivity contribution in [3.8, 4) is 16.3 Å². The summed E-state index contributed by atoms with van der Waals surface area (Å²) in [5.74, 6) is -5.10. The minimum Gasteiger partial charge on any atom is -0.491 e. The maximum absolute atomic E-state index is 14.3. The first-order valence-corrected chi connectivity index (χ1v) is 8.23. The van der Waals surface area contributed by atoms with Gasteiger partial charge in [0.15, 0.2) is 17.4 Å². The van der Waals surface area contributed by atoms with Gasteiger partial charge in [-0.1, -0.05) is 0 Å². The number of imide groups is 1. The number of hydrogen-bond acceptors (Lipinski definition) is 5. The highest BCUT2D eigenvalue weighted by molar-refractivity contribution is 7.15. The zero-order chi connectivity index (χ0) is 18.1. The van der Waals surface area contributed by atoms with E-state index >= 15 is 0 Å². The van der Waals surface area contributed by atoms with E-state index in [0.717, 1.165) is 23.3 Å². The van der Waals surface area contributed by atoms with Gasteiger partial charge in [0.25, 0.3) is 0 Å². The molecule has 1 fully saturated rings. The van der Waals surface area contributed by atoms with Crippen LogP contribution in [0.5, 0.6) is 5.75 Å². The topological polar surface area (TPSA) is 59.5 Å². The lowest BCUT2D eigenvalue weighted by molar-refractivity contribution is -0.148. The molecule has 0 spiro atoms. The Bertz CT molecular complexity index is 837. The van der Waals surface area contributed by atoms with Crippen LogP contribution in [0.15, 0.2) is 12.3 Å². The van der Waals surface area contributed by atoms with E-state index in [1.165, 1.54) is 6.20 Å². The number of carbonyl (C=O) groups is 2. The highest BCUT2D eigenvalue weighted by Crippen LogP contribution is 2.35. The normalized spacial score (nSPS) is 15.0. The Labute approximate surface area is 145 Å². The van der Waals surface area contributed by atoms with Crippen LogP contribution in [0.4, 0.5) is 13.2 Å². The minimum atomic E-state index is -1.41. The first-order valence-electron chi connectivity index (χ1n) is 7.42. The van der Waals surface area contributed by atoms with E-state index in [4.69, 9.17) is 0 Å². The number of rotatable bonds is 4. The lowest BCUT2D eigenvalue weighted by atomic mass is 10.1. The fourth-order valence-electron chi connectivity index (χ4n) is 2.55. The average molecular weight is 370 g/mol. The number of halogens is 3. The lowest BCUT2D eigenvalue weighted by Crippen LogP contribution is -2.39. The number of carbonyl (C=O) groups excluding carboxylic acids is 2. The van der Waals surface area contributed by atoms with E-state index in [1.54, 1.807) is 0 Å². The molecule has 1 aromatic carbocycles. The molecule has 1 aliphatic heterocycles. The number of nitrogens with zero attached hydrogens (tertiary/aromatic N) is 2. The number of hydrogen-bond donors (Lipinski definition) is 0. The van der Waals surface area contributed by atoms with Crippen molar-refractivity contribution in [2.24, 2.45) is 0 Å². The number of aromatic nitrogens is 1. The van der Waals surface area contributed by atoms with Crippen LogP contribution in [0.3, 0.4) is 0 Å². The van der Waals surface area contributed by atoms with Gasteiger partial charge in [-0.05, 0) is 12.5 Å². The first kappa shape index (κ1) is 17.4. The third-order valence-electron chi connectivity index (χ3n) is 3.80. The number of piperidine rings is 1. The molecule has 0 atom stereocenters. The quantitative estimate of drug-likeness (QED) is 0.612. The molecule has 0 N–H and O–H groups in total. The monoisotopic (exact) mass is 370 g/mol. The van der Waals surface area contributed by atoms with Gasteiger partial charge in [0.1, 0.15) is 5.01 Å². The fraction of sp³-hybridized carbons (Fsp3) is 0.312. The molecular weight excluding hydrogens is 357 g/mol. The van der Waals surface area contributed by atoms with Crippen molar-refractivity contribution < 1.29 is 27.5 Å². The number of methoxy groups -OCH3 is 1. The summed E-state index contributed by atoms with van der Waals surface area (Å²) in [7, 11) is 1.03. The van der Waals surface area contributed by atoms with Crippen LogP contribution < -0.4 is 4.74 Å². The standard InChI is InChI=1S/C16H13F3N2O3S/c1-24-15-13(18)9(5-10(17)14(15)19)16-20-6-8(25-16)7-21-11(22)3-2-4-12(21)23/h5-6H,2-4,7H2,1H3. The Morgan fingerprint density at radius 1 is 1.20 bits per heavy atom. The van der Waals surface area contributed by atoms with Gasteiger partial charge in [-0.2, -0.15) is 4.39 Å². The highest BCUT2D eigenvalue weighted by Gasteiger charge is 2.27. The number of benzene rings is 1. The van der Waals surface area contributed by atoms with E-state index in [-0.39, 0.29) is 28.9 Å². The highest BCUT2D eigenvalue weighted by atomic mass is 32.1. The maximum atomic E-state index is 14.3. The van der Waals surface area contributed by atoms with Crippen LogP contribution in [-0.4, -0.2) is 28.8 Å². The first-order chi connectivity index (χ1) is 11.9. The molecule has 2 amide bonds. The minimum absolute atomic E-state index is 0.0256. The molecule has 132 valence electrons. The van der Waals surface area contributed by atoms with Crippen molar-refractivity contribution in [2.45, 2.75) is 25.8 Å². The number of thiazole rings is 1. The van der Waals surface area contributed by atoms with E-state index in [1.807, 2.05) is 0 Å². The van der Waals surface area contributed by atoms with E-state index in [0.29, 0.717) is 30.2 Å². The van der Waals surface area contributed by atoms with Crippen LogP contribution in [-0.2, 0) is 16.1 Å². The second kappa shape index (κ2) is 6.83. The van der Waals surface area contributed by atoms with Gasteiger partial charge >= 0.3 is 0 Å². The average Bonchev–Trinajstić information content (AvgIpc) is 3.03. The van der Waals surface area contributed by atoms with E-state index in [2.05, 4.69) is 9.72 Å². The number of ether oxygens (including phenoxy) is 1. The summed E-state index contributed by atoms with van der Waals surface area (Å²) in [6, 6.07) is 0.701. The van der Waals surface area contributed by atoms with Crippen LogP contribution in [0.1, 0.15) is 24.1 Å². The summed E-state index contributed by atoms with van der Waals surface area (Å²) in [5.41, 5.74) is -0.247. The molecule has 1 aromatic heterocycles. The van der Waals surface area contributed by atoms with Crippen molar-refractivity contribution in [3.63, 3.8) is 0 Å². The molecule has 0 radical (unpaired) electrons. The van der Waals surface area contributed by atoms with Gasteiger partial charge in [-0.15, -0.1) is 11.3 Å². The molecule has 5 nitrogen and oxygen atoms in total. The number of amides is 2. The zero-order valence-corrected chi connectivity index (χ0v) is 14.0. The molecule has 25 heavy (non-hydrogen) atoms. The third kappa shape index (κ3) is 3.23. The molecule has 0 bridgehead atoms. The Hall–Kier alpha value is -2.42. The molecule has 3 rings (SSSR count). The van der Waals surface area contributed by atoms with Gasteiger partial charge in [0.2, 0.25) is 17.6 Å². The Morgan fingerprint density at radius 3 is 2.52 bits per heavy atom. The Kier molecular flexibility index (Phi) is 4.76. The maximum Gasteiger partial charge on any atom is 0.229 e. The van der Waals surface area contributed by atoms with E-state index < -0.39 is 23.2 Å². The van der Waals surface area contributed by atoms with E-state index in [9.17, 15) is 22.8 Å². The van der Waals surface area contributed by atoms with Crippen LogP contribution in [0.25, 0.3) is 10.6 Å². The van der Waals surface area contributed by atoms with Crippen molar-refractivity contribution in [1.29, 1.82) is 0 Å². The SMILES string of the molecule is COc1c(F)c(F)cc(-c2ncc(CN3C(=O)CCCC3=O)s2)c1F. The van der Waals surface area contributed by atoms with Crippen molar-refractivity contribution in [1.82, 2.24) is 9.88 Å². The number of likely N-dealkylation sites (tertiary alicyclic amines) is 1. The van der Waals surface area contributed by atoms with Gasteiger partial charge in [-0.25, -0.2) is 13.8 Å². The molecule has 9 heteroatoms. The predicted molar refractivity (Wildman–Crippen MR) is 83.4 cm³/mol. The summed E-state index contributed by atoms with van der Waals surface area (Å²) in [6.45, 7) is 0.0256. The lowest BCUT2D eigenvalue weighted by Gasteiger charge is -2.23.